The van der Waals surface area contributed by atoms with Crippen molar-refractivity contribution in [1.82, 2.24) is 0 Å². The molecular formula is C12H8BrClN2O4S. The maximum absolute atomic E-state index is 12.3. The normalized spacial score (nSPS) is 11.1. The average molecular weight is 392 g/mol. The van der Waals surface area contributed by atoms with Crippen LogP contribution in [0.25, 0.3) is 0 Å². The molecule has 110 valence electrons. The number of halogens is 2. The third-order valence-electron chi connectivity index (χ3n) is 2.51. The molecule has 0 aliphatic rings. The number of nitrogens with one attached hydrogen (secondary N) is 1. The Morgan fingerprint density at radius 1 is 1.14 bits per heavy atom. The van der Waals surface area contributed by atoms with Gasteiger partial charge in [0.25, 0.3) is 15.7 Å². The highest BCUT2D eigenvalue weighted by molar-refractivity contribution is 9.10. The van der Waals surface area contributed by atoms with E-state index >= 15 is 0 Å². The van der Waals surface area contributed by atoms with Crippen LogP contribution in [0.4, 0.5) is 11.4 Å². The quantitative estimate of drug-likeness (QED) is 0.634. The first-order chi connectivity index (χ1) is 9.79. The van der Waals surface area contributed by atoms with E-state index in [1.54, 1.807) is 24.3 Å². The molecular weight excluding hydrogens is 384 g/mol. The highest BCUT2D eigenvalue weighted by Crippen LogP contribution is 2.28. The van der Waals surface area contributed by atoms with E-state index in [1.165, 1.54) is 6.07 Å². The Morgan fingerprint density at radius 2 is 1.76 bits per heavy atom. The van der Waals surface area contributed by atoms with Crippen LogP contribution >= 0.6 is 27.5 Å². The lowest BCUT2D eigenvalue weighted by Gasteiger charge is -2.09. The molecule has 0 amide bonds. The van der Waals surface area contributed by atoms with Gasteiger partial charge in [-0.05, 0) is 30.3 Å². The maximum Gasteiger partial charge on any atom is 0.270 e. The van der Waals surface area contributed by atoms with Gasteiger partial charge in [0.1, 0.15) is 4.90 Å². The van der Waals surface area contributed by atoms with Crippen LogP contribution in [0, 0.1) is 10.1 Å². The van der Waals surface area contributed by atoms with Crippen LogP contribution < -0.4 is 4.72 Å². The third-order valence-corrected chi connectivity index (χ3v) is 4.90. The first kappa shape index (κ1) is 15.7. The lowest BCUT2D eigenvalue weighted by atomic mass is 10.3. The first-order valence-corrected chi connectivity index (χ1v) is 8.17. The largest absolute Gasteiger partial charge is 0.280 e. The zero-order valence-corrected chi connectivity index (χ0v) is 13.4. The number of nitro benzene ring substituents is 1. The van der Waals surface area contributed by atoms with Gasteiger partial charge in [-0.3, -0.25) is 14.8 Å². The Bertz CT molecular complexity index is 793. The Hall–Kier alpha value is -1.64. The minimum Gasteiger partial charge on any atom is -0.280 e. The van der Waals surface area contributed by atoms with Crippen molar-refractivity contribution in [3.63, 3.8) is 0 Å². The van der Waals surface area contributed by atoms with Crippen LogP contribution in [0.5, 0.6) is 0 Å². The molecule has 6 nitrogen and oxygen atoms in total. The van der Waals surface area contributed by atoms with E-state index in [1.807, 2.05) is 0 Å². The molecule has 1 N–H and O–H groups in total. The molecule has 0 radical (unpaired) electrons. The highest BCUT2D eigenvalue weighted by Gasteiger charge is 2.21. The topological polar surface area (TPSA) is 89.3 Å². The molecule has 2 aromatic carbocycles. The van der Waals surface area contributed by atoms with Crippen LogP contribution in [0.1, 0.15) is 0 Å². The zero-order chi connectivity index (χ0) is 15.6. The highest BCUT2D eigenvalue weighted by atomic mass is 79.9. The van der Waals surface area contributed by atoms with Gasteiger partial charge in [0.2, 0.25) is 0 Å². The summed E-state index contributed by atoms with van der Waals surface area (Å²) >= 11 is 9.06. The van der Waals surface area contributed by atoms with E-state index in [0.29, 0.717) is 5.69 Å². The van der Waals surface area contributed by atoms with Crippen LogP contribution in [-0.2, 0) is 10.0 Å². The monoisotopic (exact) mass is 390 g/mol. The minimum absolute atomic E-state index is 0.0924. The van der Waals surface area contributed by atoms with Crippen molar-refractivity contribution in [3.05, 3.63) is 62.1 Å². The Kier molecular flexibility index (Phi) is 4.50. The van der Waals surface area contributed by atoms with Crippen molar-refractivity contribution in [2.45, 2.75) is 4.90 Å². The molecule has 0 spiro atoms. The average Bonchev–Trinajstić information content (AvgIpc) is 2.41. The van der Waals surface area contributed by atoms with Crippen molar-refractivity contribution < 1.29 is 13.3 Å². The van der Waals surface area contributed by atoms with Gasteiger partial charge in [-0.1, -0.05) is 27.5 Å². The molecule has 0 aliphatic carbocycles. The van der Waals surface area contributed by atoms with Crippen molar-refractivity contribution in [1.29, 1.82) is 0 Å². The van der Waals surface area contributed by atoms with Crippen molar-refractivity contribution in [3.8, 4) is 0 Å². The number of hydrogen-bond acceptors (Lipinski definition) is 4. The van der Waals surface area contributed by atoms with E-state index in [4.69, 9.17) is 11.6 Å². The molecule has 0 atom stereocenters. The van der Waals surface area contributed by atoms with Crippen molar-refractivity contribution >= 4 is 48.9 Å². The fraction of sp³-hybridized carbons (Fsp3) is 0. The van der Waals surface area contributed by atoms with Gasteiger partial charge in [-0.15, -0.1) is 0 Å². The summed E-state index contributed by atoms with van der Waals surface area (Å²) in [5, 5.41) is 10.6. The summed E-state index contributed by atoms with van der Waals surface area (Å²) in [7, 11) is -4.01. The molecule has 0 fully saturated rings. The summed E-state index contributed by atoms with van der Waals surface area (Å²) in [6.07, 6.45) is 0. The Morgan fingerprint density at radius 3 is 2.33 bits per heavy atom. The number of anilines is 1. The number of rotatable bonds is 4. The SMILES string of the molecule is O=[N+]([O-])c1ccc(Cl)c(S(=O)(=O)Nc2ccc(Br)cc2)c1. The van der Waals surface area contributed by atoms with Crippen molar-refractivity contribution in [2.24, 2.45) is 0 Å². The summed E-state index contributed by atoms with van der Waals surface area (Å²) in [6, 6.07) is 9.65. The second-order valence-corrected chi connectivity index (χ2v) is 6.96. The molecule has 0 bridgehead atoms. The number of non-ortho nitro benzene ring substituents is 1. The van der Waals surface area contributed by atoms with E-state index < -0.39 is 14.9 Å². The van der Waals surface area contributed by atoms with Gasteiger partial charge in [0.15, 0.2) is 0 Å². The Balaban J connectivity index is 2.41. The van der Waals surface area contributed by atoms with Crippen LogP contribution in [0.2, 0.25) is 5.02 Å². The molecule has 0 saturated heterocycles. The van der Waals surface area contributed by atoms with Gasteiger partial charge < -0.3 is 0 Å². The second-order valence-electron chi connectivity index (χ2n) is 3.98. The molecule has 21 heavy (non-hydrogen) atoms. The summed E-state index contributed by atoms with van der Waals surface area (Å²) in [6.45, 7) is 0. The summed E-state index contributed by atoms with van der Waals surface area (Å²) in [5.41, 5.74) is -0.0312. The first-order valence-electron chi connectivity index (χ1n) is 5.52. The molecule has 0 aliphatic heterocycles. The maximum atomic E-state index is 12.3. The Labute approximate surface area is 134 Å². The fourth-order valence-corrected chi connectivity index (χ4v) is 3.38. The third kappa shape index (κ3) is 3.72. The van der Waals surface area contributed by atoms with Crippen LogP contribution in [-0.4, -0.2) is 13.3 Å². The summed E-state index contributed by atoms with van der Waals surface area (Å²) in [5.74, 6) is 0. The van der Waals surface area contributed by atoms with Gasteiger partial charge in [-0.2, -0.15) is 0 Å². The lowest BCUT2D eigenvalue weighted by Crippen LogP contribution is -2.13. The number of benzene rings is 2. The van der Waals surface area contributed by atoms with E-state index in [0.717, 1.165) is 16.6 Å². The van der Waals surface area contributed by atoms with Gasteiger partial charge in [-0.25, -0.2) is 8.42 Å². The van der Waals surface area contributed by atoms with Crippen LogP contribution in [0.15, 0.2) is 51.8 Å². The molecule has 0 saturated carbocycles. The molecule has 2 aromatic rings. The standard InChI is InChI=1S/C12H8BrClN2O4S/c13-8-1-3-9(4-2-8)15-21(19,20)12-7-10(16(17)18)5-6-11(12)14/h1-7,15H. The van der Waals surface area contributed by atoms with Gasteiger partial charge in [0, 0.05) is 22.3 Å². The predicted octanol–water partition coefficient (Wildman–Crippen LogP) is 3.81. The van der Waals surface area contributed by atoms with Gasteiger partial charge in [0.05, 0.1) is 9.95 Å². The number of nitrogens with zero attached hydrogens (tertiary/aromatic N) is 1. The molecule has 0 unspecified atom stereocenters. The van der Waals surface area contributed by atoms with E-state index in [2.05, 4.69) is 20.7 Å². The summed E-state index contributed by atoms with van der Waals surface area (Å²) < 4.78 is 27.6. The van der Waals surface area contributed by atoms with Crippen LogP contribution in [0.3, 0.4) is 0 Å². The number of nitro groups is 1. The minimum atomic E-state index is -4.01. The summed E-state index contributed by atoms with van der Waals surface area (Å²) in [4.78, 5) is 9.70. The molecule has 0 aromatic heterocycles. The van der Waals surface area contributed by atoms with E-state index in [9.17, 15) is 18.5 Å². The predicted molar refractivity (Wildman–Crippen MR) is 83.1 cm³/mol. The zero-order valence-electron chi connectivity index (χ0n) is 10.3. The number of hydrogen-bond donors (Lipinski definition) is 1. The number of sulfonamides is 1. The van der Waals surface area contributed by atoms with Gasteiger partial charge >= 0.3 is 0 Å². The lowest BCUT2D eigenvalue weighted by molar-refractivity contribution is -0.385. The second kappa shape index (κ2) is 6.00. The molecule has 0 heterocycles. The molecule has 9 heteroatoms. The van der Waals surface area contributed by atoms with Crippen molar-refractivity contribution in [2.75, 3.05) is 4.72 Å². The smallest absolute Gasteiger partial charge is 0.270 e. The van der Waals surface area contributed by atoms with E-state index in [-0.39, 0.29) is 15.6 Å². The molecule has 2 rings (SSSR count). The fourth-order valence-electron chi connectivity index (χ4n) is 1.54.